The first-order valence-electron chi connectivity index (χ1n) is 10.9. The molecule has 1 heterocycles. The Morgan fingerprint density at radius 1 is 0.765 bits per heavy atom. The summed E-state index contributed by atoms with van der Waals surface area (Å²) in [7, 11) is 1.52. The lowest BCUT2D eigenvalue weighted by molar-refractivity contribution is -0.121. The first-order valence-corrected chi connectivity index (χ1v) is 10.9. The van der Waals surface area contributed by atoms with Crippen LogP contribution < -0.4 is 19.3 Å². The van der Waals surface area contributed by atoms with E-state index in [-0.39, 0.29) is 5.57 Å². The summed E-state index contributed by atoms with van der Waals surface area (Å²) < 4.78 is 11.1. The molecule has 0 aliphatic carbocycles. The number of amides is 4. The highest BCUT2D eigenvalue weighted by molar-refractivity contribution is 6.46. The summed E-state index contributed by atoms with van der Waals surface area (Å²) in [6.07, 6.45) is 2.31. The lowest BCUT2D eigenvalue weighted by Gasteiger charge is -2.33. The maximum Gasteiger partial charge on any atom is 0.343 e. The van der Waals surface area contributed by atoms with E-state index >= 15 is 0 Å². The maximum absolute atomic E-state index is 13.4. The molecule has 0 aromatic heterocycles. The number of urea groups is 1. The van der Waals surface area contributed by atoms with Crippen molar-refractivity contribution in [2.45, 2.75) is 13.3 Å². The molecule has 4 amide bonds. The Morgan fingerprint density at radius 2 is 1.32 bits per heavy atom. The summed E-state index contributed by atoms with van der Waals surface area (Å²) in [5, 5.41) is 0. The number of imide groups is 2. The zero-order valence-electron chi connectivity index (χ0n) is 18.9. The summed E-state index contributed by atoms with van der Waals surface area (Å²) in [5.41, 5.74) is 1.17. The van der Waals surface area contributed by atoms with Crippen LogP contribution in [0.5, 0.6) is 11.5 Å². The van der Waals surface area contributed by atoms with Crippen molar-refractivity contribution in [3.8, 4) is 11.5 Å². The number of hydrogen-bond donors (Lipinski definition) is 0. The van der Waals surface area contributed by atoms with Crippen LogP contribution >= 0.6 is 0 Å². The number of ether oxygens (including phenoxy) is 2. The van der Waals surface area contributed by atoms with Crippen molar-refractivity contribution in [3.05, 3.63) is 90.0 Å². The summed E-state index contributed by atoms with van der Waals surface area (Å²) in [4.78, 5) is 42.2. The number of nitrogens with zero attached hydrogens (tertiary/aromatic N) is 2. The highest BCUT2D eigenvalue weighted by Gasteiger charge is 2.43. The van der Waals surface area contributed by atoms with Crippen LogP contribution in [0, 0.1) is 0 Å². The Balaban J connectivity index is 1.80. The van der Waals surface area contributed by atoms with Gasteiger partial charge in [0.05, 0.1) is 25.1 Å². The lowest BCUT2D eigenvalue weighted by Crippen LogP contribution is -2.57. The van der Waals surface area contributed by atoms with Crippen LogP contribution in [-0.4, -0.2) is 31.6 Å². The van der Waals surface area contributed by atoms with Crippen LogP contribution in [0.2, 0.25) is 0 Å². The zero-order chi connectivity index (χ0) is 24.1. The van der Waals surface area contributed by atoms with Gasteiger partial charge in [-0.2, -0.15) is 0 Å². The average Bonchev–Trinajstić information content (AvgIpc) is 2.87. The Kier molecular flexibility index (Phi) is 6.73. The predicted octanol–water partition coefficient (Wildman–Crippen LogP) is 5.07. The van der Waals surface area contributed by atoms with Gasteiger partial charge in [-0.1, -0.05) is 49.4 Å². The molecule has 0 unspecified atom stereocenters. The molecule has 0 radical (unpaired) electrons. The van der Waals surface area contributed by atoms with Crippen molar-refractivity contribution in [2.24, 2.45) is 0 Å². The third-order valence-electron chi connectivity index (χ3n) is 5.24. The van der Waals surface area contributed by atoms with Gasteiger partial charge < -0.3 is 9.47 Å². The minimum atomic E-state index is -0.731. The molecule has 3 aromatic carbocycles. The molecule has 1 aliphatic heterocycles. The third-order valence-corrected chi connectivity index (χ3v) is 5.24. The Hall–Kier alpha value is -4.39. The highest BCUT2D eigenvalue weighted by Crippen LogP contribution is 2.32. The molecule has 0 spiro atoms. The van der Waals surface area contributed by atoms with Gasteiger partial charge in [-0.15, -0.1) is 0 Å². The van der Waals surface area contributed by atoms with Gasteiger partial charge in [0.15, 0.2) is 11.5 Å². The van der Waals surface area contributed by atoms with E-state index in [2.05, 4.69) is 0 Å². The van der Waals surface area contributed by atoms with Crippen LogP contribution in [0.4, 0.5) is 16.2 Å². The lowest BCUT2D eigenvalue weighted by atomic mass is 10.0. The topological polar surface area (TPSA) is 76.2 Å². The van der Waals surface area contributed by atoms with Gasteiger partial charge in [0, 0.05) is 0 Å². The monoisotopic (exact) mass is 456 g/mol. The number of para-hydroxylation sites is 2. The molecule has 3 aromatic rings. The van der Waals surface area contributed by atoms with Gasteiger partial charge in [-0.3, -0.25) is 9.59 Å². The van der Waals surface area contributed by atoms with E-state index in [9.17, 15) is 14.4 Å². The van der Waals surface area contributed by atoms with E-state index in [1.54, 1.807) is 78.9 Å². The first-order chi connectivity index (χ1) is 16.5. The molecule has 1 fully saturated rings. The number of rotatable bonds is 7. The van der Waals surface area contributed by atoms with Crippen molar-refractivity contribution in [3.63, 3.8) is 0 Å². The smallest absolute Gasteiger partial charge is 0.343 e. The Bertz CT molecular complexity index is 1170. The second kappa shape index (κ2) is 10.0. The van der Waals surface area contributed by atoms with Gasteiger partial charge >= 0.3 is 6.03 Å². The van der Waals surface area contributed by atoms with Crippen molar-refractivity contribution < 1.29 is 23.9 Å². The third kappa shape index (κ3) is 4.41. The zero-order valence-corrected chi connectivity index (χ0v) is 18.9. The van der Waals surface area contributed by atoms with Gasteiger partial charge in [0.1, 0.15) is 5.57 Å². The fourth-order valence-corrected chi connectivity index (χ4v) is 3.61. The molecule has 0 saturated carbocycles. The molecule has 7 heteroatoms. The van der Waals surface area contributed by atoms with Crippen molar-refractivity contribution in [2.75, 3.05) is 23.5 Å². The number of barbiturate groups is 1. The molecule has 172 valence electrons. The molecular weight excluding hydrogens is 432 g/mol. The maximum atomic E-state index is 13.4. The molecule has 1 aliphatic rings. The van der Waals surface area contributed by atoms with Crippen LogP contribution in [-0.2, 0) is 9.59 Å². The Morgan fingerprint density at radius 3 is 1.82 bits per heavy atom. The normalized spacial score (nSPS) is 13.8. The summed E-state index contributed by atoms with van der Waals surface area (Å²) in [6, 6.07) is 21.5. The van der Waals surface area contributed by atoms with E-state index in [4.69, 9.17) is 9.47 Å². The number of carbonyl (C=O) groups is 3. The fourth-order valence-electron chi connectivity index (χ4n) is 3.61. The molecular formula is C27H24N2O5. The van der Waals surface area contributed by atoms with E-state index in [0.717, 1.165) is 16.2 Å². The number of benzene rings is 3. The van der Waals surface area contributed by atoms with Crippen LogP contribution in [0.1, 0.15) is 18.9 Å². The largest absolute Gasteiger partial charge is 0.493 e. The average molecular weight is 456 g/mol. The number of hydrogen-bond acceptors (Lipinski definition) is 5. The number of carbonyl (C=O) groups excluding carboxylic acids is 3. The first kappa shape index (κ1) is 22.8. The van der Waals surface area contributed by atoms with Gasteiger partial charge in [0.2, 0.25) is 0 Å². The van der Waals surface area contributed by atoms with Crippen LogP contribution in [0.15, 0.2) is 84.4 Å². The van der Waals surface area contributed by atoms with Gasteiger partial charge in [0.25, 0.3) is 11.8 Å². The minimum absolute atomic E-state index is 0.142. The minimum Gasteiger partial charge on any atom is -0.493 e. The predicted molar refractivity (Wildman–Crippen MR) is 130 cm³/mol. The number of methoxy groups -OCH3 is 1. The fraction of sp³-hybridized carbons (Fsp3) is 0.148. The van der Waals surface area contributed by atoms with Crippen LogP contribution in [0.3, 0.4) is 0 Å². The van der Waals surface area contributed by atoms with Crippen LogP contribution in [0.25, 0.3) is 6.08 Å². The summed E-state index contributed by atoms with van der Waals surface area (Å²) >= 11 is 0. The van der Waals surface area contributed by atoms with Gasteiger partial charge in [-0.25, -0.2) is 14.6 Å². The molecule has 0 atom stereocenters. The van der Waals surface area contributed by atoms with E-state index in [1.807, 2.05) is 6.92 Å². The highest BCUT2D eigenvalue weighted by atomic mass is 16.5. The second-order valence-electron chi connectivity index (χ2n) is 7.55. The molecule has 0 N–H and O–H groups in total. The Labute approximate surface area is 197 Å². The molecule has 4 rings (SSSR count). The standard InChI is InChI=1S/C27H24N2O5/c1-3-16-34-23-15-14-19(18-24(23)33-2)17-22-25(30)28(20-10-6-4-7-11-20)27(32)29(26(22)31)21-12-8-5-9-13-21/h4-15,17-18H,3,16H2,1-2H3. The van der Waals surface area contributed by atoms with E-state index < -0.39 is 17.8 Å². The molecule has 0 bridgehead atoms. The van der Waals surface area contributed by atoms with Gasteiger partial charge in [-0.05, 0) is 54.5 Å². The SMILES string of the molecule is CCCOc1ccc(C=C2C(=O)N(c3ccccc3)C(=O)N(c3ccccc3)C2=O)cc1OC. The summed E-state index contributed by atoms with van der Waals surface area (Å²) in [6.45, 7) is 2.54. The van der Waals surface area contributed by atoms with E-state index in [1.165, 1.54) is 13.2 Å². The molecule has 34 heavy (non-hydrogen) atoms. The quantitative estimate of drug-likeness (QED) is 0.367. The molecule has 7 nitrogen and oxygen atoms in total. The van der Waals surface area contributed by atoms with Crippen molar-refractivity contribution >= 4 is 35.3 Å². The van der Waals surface area contributed by atoms with Crippen molar-refractivity contribution in [1.82, 2.24) is 0 Å². The summed E-state index contributed by atoms with van der Waals surface area (Å²) in [5.74, 6) is -0.341. The number of anilines is 2. The molecule has 1 saturated heterocycles. The van der Waals surface area contributed by atoms with Crippen molar-refractivity contribution in [1.29, 1.82) is 0 Å². The van der Waals surface area contributed by atoms with E-state index in [0.29, 0.717) is 35.0 Å². The second-order valence-corrected chi connectivity index (χ2v) is 7.55.